The predicted molar refractivity (Wildman–Crippen MR) is 112 cm³/mol. The van der Waals surface area contributed by atoms with Crippen molar-refractivity contribution in [3.8, 4) is 5.75 Å². The van der Waals surface area contributed by atoms with Gasteiger partial charge in [0.05, 0.1) is 12.6 Å². The molecule has 28 heavy (non-hydrogen) atoms. The minimum atomic E-state index is -0.134. The van der Waals surface area contributed by atoms with Crippen LogP contribution in [0.5, 0.6) is 5.75 Å². The second-order valence-electron chi connectivity index (χ2n) is 7.52. The highest BCUT2D eigenvalue weighted by molar-refractivity contribution is 7.10. The Balaban J connectivity index is 1.77. The number of rotatable bonds is 6. The molecular formula is C22H28N2O3S. The van der Waals surface area contributed by atoms with Crippen LogP contribution in [-0.2, 0) is 16.0 Å². The number of thiophene rings is 1. The van der Waals surface area contributed by atoms with E-state index < -0.39 is 0 Å². The molecule has 0 saturated carbocycles. The molecule has 2 aromatic rings. The van der Waals surface area contributed by atoms with Gasteiger partial charge in [-0.2, -0.15) is 0 Å². The first-order valence-electron chi connectivity index (χ1n) is 9.69. The molecule has 0 saturated heterocycles. The second kappa shape index (κ2) is 8.78. The average molecular weight is 401 g/mol. The van der Waals surface area contributed by atoms with Gasteiger partial charge in [-0.15, -0.1) is 11.3 Å². The standard InChI is InChI=1S/C22H28N2O3S/c1-15(2)24(17(4)25)13-22(26)23-11-9-21-19(10-12-28-21)20(23)14-27-18-7-5-16(3)6-8-18/h5-8,10,12,15,20H,9,11,13-14H2,1-4H3. The van der Waals surface area contributed by atoms with Crippen molar-refractivity contribution in [3.05, 3.63) is 51.7 Å². The molecule has 1 aliphatic rings. The minimum absolute atomic E-state index is 0.00907. The first-order chi connectivity index (χ1) is 13.4. The van der Waals surface area contributed by atoms with E-state index in [0.29, 0.717) is 13.2 Å². The number of amides is 2. The van der Waals surface area contributed by atoms with E-state index in [1.54, 1.807) is 16.2 Å². The van der Waals surface area contributed by atoms with Crippen LogP contribution in [0.1, 0.15) is 42.8 Å². The molecule has 0 spiro atoms. The molecule has 1 atom stereocenters. The molecule has 2 amide bonds. The SMILES string of the molecule is CC(=O)N(CC(=O)N1CCc2sccc2C1COc1ccc(C)cc1)C(C)C. The third-order valence-electron chi connectivity index (χ3n) is 5.18. The lowest BCUT2D eigenvalue weighted by atomic mass is 10.0. The zero-order valence-electron chi connectivity index (χ0n) is 17.0. The molecule has 0 fully saturated rings. The van der Waals surface area contributed by atoms with Crippen LogP contribution < -0.4 is 4.74 Å². The number of carbonyl (C=O) groups is 2. The van der Waals surface area contributed by atoms with Crippen LogP contribution in [0.15, 0.2) is 35.7 Å². The van der Waals surface area contributed by atoms with Gasteiger partial charge in [-0.05, 0) is 56.3 Å². The molecule has 1 aromatic heterocycles. The van der Waals surface area contributed by atoms with Crippen molar-refractivity contribution in [2.75, 3.05) is 19.7 Å². The van der Waals surface area contributed by atoms with Gasteiger partial charge in [-0.1, -0.05) is 17.7 Å². The molecule has 0 N–H and O–H groups in total. The van der Waals surface area contributed by atoms with E-state index in [4.69, 9.17) is 4.74 Å². The number of nitrogens with zero attached hydrogens (tertiary/aromatic N) is 2. The normalized spacial score (nSPS) is 16.0. The molecule has 3 rings (SSSR count). The van der Waals surface area contributed by atoms with Gasteiger partial charge in [0.25, 0.3) is 0 Å². The fourth-order valence-electron chi connectivity index (χ4n) is 3.58. The predicted octanol–water partition coefficient (Wildman–Crippen LogP) is 3.82. The van der Waals surface area contributed by atoms with Crippen molar-refractivity contribution in [2.45, 2.75) is 46.2 Å². The maximum Gasteiger partial charge on any atom is 0.242 e. The van der Waals surface area contributed by atoms with E-state index in [1.165, 1.54) is 17.4 Å². The van der Waals surface area contributed by atoms with Crippen molar-refractivity contribution in [2.24, 2.45) is 0 Å². The molecule has 0 aliphatic carbocycles. The van der Waals surface area contributed by atoms with Gasteiger partial charge in [0, 0.05) is 24.4 Å². The number of hydrogen-bond acceptors (Lipinski definition) is 4. The Kier molecular flexibility index (Phi) is 6.39. The summed E-state index contributed by atoms with van der Waals surface area (Å²) in [6.07, 6.45) is 0.849. The summed E-state index contributed by atoms with van der Waals surface area (Å²) in [4.78, 5) is 29.8. The summed E-state index contributed by atoms with van der Waals surface area (Å²) in [7, 11) is 0. The zero-order valence-corrected chi connectivity index (χ0v) is 17.8. The molecule has 1 unspecified atom stereocenters. The van der Waals surface area contributed by atoms with Crippen LogP contribution in [0.4, 0.5) is 0 Å². The molecule has 5 nitrogen and oxygen atoms in total. The molecule has 0 radical (unpaired) electrons. The van der Waals surface area contributed by atoms with Gasteiger partial charge in [0.2, 0.25) is 11.8 Å². The van der Waals surface area contributed by atoms with Crippen LogP contribution in [0.3, 0.4) is 0 Å². The molecule has 0 bridgehead atoms. The maximum absolute atomic E-state index is 13.1. The lowest BCUT2D eigenvalue weighted by molar-refractivity contribution is -0.143. The Hall–Kier alpha value is -2.34. The lowest BCUT2D eigenvalue weighted by Crippen LogP contribution is -2.49. The number of benzene rings is 1. The highest BCUT2D eigenvalue weighted by atomic mass is 32.1. The number of ether oxygens (including phenoxy) is 1. The minimum Gasteiger partial charge on any atom is -0.491 e. The van der Waals surface area contributed by atoms with Gasteiger partial charge >= 0.3 is 0 Å². The quantitative estimate of drug-likeness (QED) is 0.741. The van der Waals surface area contributed by atoms with E-state index in [2.05, 4.69) is 11.4 Å². The smallest absolute Gasteiger partial charge is 0.242 e. The van der Waals surface area contributed by atoms with E-state index in [9.17, 15) is 9.59 Å². The Labute approximate surface area is 170 Å². The highest BCUT2D eigenvalue weighted by Crippen LogP contribution is 2.34. The van der Waals surface area contributed by atoms with Crippen LogP contribution >= 0.6 is 11.3 Å². The molecule has 1 aromatic carbocycles. The van der Waals surface area contributed by atoms with Crippen molar-refractivity contribution < 1.29 is 14.3 Å². The van der Waals surface area contributed by atoms with Gasteiger partial charge in [0.1, 0.15) is 12.4 Å². The summed E-state index contributed by atoms with van der Waals surface area (Å²) in [6, 6.07) is 9.89. The van der Waals surface area contributed by atoms with Crippen LogP contribution in [0.25, 0.3) is 0 Å². The van der Waals surface area contributed by atoms with Crippen molar-refractivity contribution >= 4 is 23.2 Å². The van der Waals surface area contributed by atoms with Crippen molar-refractivity contribution in [1.29, 1.82) is 0 Å². The third-order valence-corrected chi connectivity index (χ3v) is 6.17. The Bertz CT molecular complexity index is 829. The van der Waals surface area contributed by atoms with Crippen molar-refractivity contribution in [1.82, 2.24) is 9.80 Å². The third kappa shape index (κ3) is 4.55. The average Bonchev–Trinajstić information content (AvgIpc) is 3.13. The number of aryl methyl sites for hydroxylation is 1. The lowest BCUT2D eigenvalue weighted by Gasteiger charge is -2.37. The monoisotopic (exact) mass is 400 g/mol. The van der Waals surface area contributed by atoms with Gasteiger partial charge in [-0.3, -0.25) is 9.59 Å². The molecule has 150 valence electrons. The van der Waals surface area contributed by atoms with Crippen molar-refractivity contribution in [3.63, 3.8) is 0 Å². The van der Waals surface area contributed by atoms with E-state index in [-0.39, 0.29) is 30.4 Å². The summed E-state index contributed by atoms with van der Waals surface area (Å²) < 4.78 is 6.04. The molecule has 1 aliphatic heterocycles. The van der Waals surface area contributed by atoms with E-state index in [0.717, 1.165) is 17.7 Å². The molecular weight excluding hydrogens is 372 g/mol. The fourth-order valence-corrected chi connectivity index (χ4v) is 4.51. The number of hydrogen-bond donors (Lipinski definition) is 0. The largest absolute Gasteiger partial charge is 0.491 e. The fraction of sp³-hybridized carbons (Fsp3) is 0.455. The first-order valence-corrected chi connectivity index (χ1v) is 10.6. The number of fused-ring (bicyclic) bond motifs is 1. The molecule has 6 heteroatoms. The van der Waals surface area contributed by atoms with Crippen LogP contribution in [0.2, 0.25) is 0 Å². The first kappa shape index (κ1) is 20.4. The maximum atomic E-state index is 13.1. The Morgan fingerprint density at radius 2 is 1.96 bits per heavy atom. The highest BCUT2D eigenvalue weighted by Gasteiger charge is 2.33. The summed E-state index contributed by atoms with van der Waals surface area (Å²) in [5.41, 5.74) is 2.34. The topological polar surface area (TPSA) is 49.9 Å². The van der Waals surface area contributed by atoms with E-state index >= 15 is 0 Å². The van der Waals surface area contributed by atoms with Crippen LogP contribution in [0, 0.1) is 6.92 Å². The Morgan fingerprint density at radius 3 is 2.61 bits per heavy atom. The van der Waals surface area contributed by atoms with Gasteiger partial charge in [0.15, 0.2) is 0 Å². The molecule has 2 heterocycles. The summed E-state index contributed by atoms with van der Waals surface area (Å²) in [5.74, 6) is 0.690. The van der Waals surface area contributed by atoms with Crippen LogP contribution in [-0.4, -0.2) is 47.4 Å². The van der Waals surface area contributed by atoms with E-state index in [1.807, 2.05) is 49.9 Å². The summed E-state index contributed by atoms with van der Waals surface area (Å²) in [5, 5.41) is 2.08. The Morgan fingerprint density at radius 1 is 1.25 bits per heavy atom. The zero-order chi connectivity index (χ0) is 20.3. The number of carbonyl (C=O) groups excluding carboxylic acids is 2. The van der Waals surface area contributed by atoms with Gasteiger partial charge in [-0.25, -0.2) is 0 Å². The second-order valence-corrected chi connectivity index (χ2v) is 8.52. The summed E-state index contributed by atoms with van der Waals surface area (Å²) in [6.45, 7) is 8.57. The van der Waals surface area contributed by atoms with Gasteiger partial charge < -0.3 is 14.5 Å². The summed E-state index contributed by atoms with van der Waals surface area (Å²) >= 11 is 1.73.